The molecule has 0 spiro atoms. The van der Waals surface area contributed by atoms with Gasteiger partial charge in [-0.3, -0.25) is 0 Å². The van der Waals surface area contributed by atoms with E-state index in [1.54, 1.807) is 0 Å². The van der Waals surface area contributed by atoms with Gasteiger partial charge in [-0.25, -0.2) is 4.39 Å². The van der Waals surface area contributed by atoms with Crippen LogP contribution in [-0.2, 0) is 6.18 Å². The number of benzene rings is 1. The Morgan fingerprint density at radius 1 is 1.18 bits per heavy atom. The van der Waals surface area contributed by atoms with Crippen molar-refractivity contribution in [1.82, 2.24) is 10.6 Å². The van der Waals surface area contributed by atoms with Gasteiger partial charge in [-0.15, -0.1) is 0 Å². The standard InChI is InChI=1S/C11H12F4N2/c12-9-5-7(11(13,14)15)1-2-8(9)10-6-16-3-4-17-10/h1-2,5,10,16-17H,3-4,6H2/t10-/m0/s1. The first-order valence-electron chi connectivity index (χ1n) is 5.29. The number of nitrogens with one attached hydrogen (secondary N) is 2. The van der Waals surface area contributed by atoms with Crippen LogP contribution in [0.1, 0.15) is 17.2 Å². The van der Waals surface area contributed by atoms with E-state index in [-0.39, 0.29) is 11.6 Å². The molecule has 0 aliphatic carbocycles. The van der Waals surface area contributed by atoms with Gasteiger partial charge >= 0.3 is 6.18 Å². The lowest BCUT2D eigenvalue weighted by molar-refractivity contribution is -0.137. The Morgan fingerprint density at radius 2 is 1.94 bits per heavy atom. The predicted molar refractivity (Wildman–Crippen MR) is 55.0 cm³/mol. The van der Waals surface area contributed by atoms with E-state index in [9.17, 15) is 17.6 Å². The molecule has 1 aromatic carbocycles. The molecule has 2 nitrogen and oxygen atoms in total. The minimum atomic E-state index is -4.50. The van der Waals surface area contributed by atoms with Crippen molar-refractivity contribution in [2.75, 3.05) is 19.6 Å². The minimum absolute atomic E-state index is 0.269. The van der Waals surface area contributed by atoms with E-state index in [0.717, 1.165) is 12.6 Å². The summed E-state index contributed by atoms with van der Waals surface area (Å²) < 4.78 is 50.6. The summed E-state index contributed by atoms with van der Waals surface area (Å²) in [6.07, 6.45) is -4.50. The molecule has 17 heavy (non-hydrogen) atoms. The van der Waals surface area contributed by atoms with Crippen LogP contribution in [0.3, 0.4) is 0 Å². The molecule has 1 aromatic rings. The van der Waals surface area contributed by atoms with E-state index in [0.29, 0.717) is 19.2 Å². The van der Waals surface area contributed by atoms with Crippen molar-refractivity contribution in [3.05, 3.63) is 35.1 Å². The number of rotatable bonds is 1. The van der Waals surface area contributed by atoms with E-state index in [4.69, 9.17) is 0 Å². The molecule has 0 bridgehead atoms. The lowest BCUT2D eigenvalue weighted by atomic mass is 10.0. The molecule has 1 aliphatic heterocycles. The van der Waals surface area contributed by atoms with Crippen LogP contribution in [0.2, 0.25) is 0 Å². The number of hydrogen-bond donors (Lipinski definition) is 2. The average Bonchev–Trinajstić information content (AvgIpc) is 2.29. The highest BCUT2D eigenvalue weighted by atomic mass is 19.4. The lowest BCUT2D eigenvalue weighted by Crippen LogP contribution is -2.43. The molecular weight excluding hydrogens is 236 g/mol. The third kappa shape index (κ3) is 2.76. The van der Waals surface area contributed by atoms with Crippen molar-refractivity contribution in [2.24, 2.45) is 0 Å². The second-order valence-electron chi connectivity index (χ2n) is 3.94. The fourth-order valence-corrected chi connectivity index (χ4v) is 1.86. The molecule has 2 rings (SSSR count). The van der Waals surface area contributed by atoms with E-state index in [2.05, 4.69) is 10.6 Å². The summed E-state index contributed by atoms with van der Waals surface area (Å²) in [5, 5.41) is 6.10. The van der Waals surface area contributed by atoms with Crippen LogP contribution < -0.4 is 10.6 Å². The van der Waals surface area contributed by atoms with Crippen LogP contribution in [0.4, 0.5) is 17.6 Å². The van der Waals surface area contributed by atoms with E-state index in [1.165, 1.54) is 6.07 Å². The zero-order valence-corrected chi connectivity index (χ0v) is 8.94. The monoisotopic (exact) mass is 248 g/mol. The fourth-order valence-electron chi connectivity index (χ4n) is 1.86. The normalized spacial score (nSPS) is 21.5. The molecular formula is C11H12F4N2. The lowest BCUT2D eigenvalue weighted by Gasteiger charge is -2.25. The van der Waals surface area contributed by atoms with E-state index in [1.807, 2.05) is 0 Å². The molecule has 0 unspecified atom stereocenters. The topological polar surface area (TPSA) is 24.1 Å². The first-order valence-corrected chi connectivity index (χ1v) is 5.29. The maximum Gasteiger partial charge on any atom is 0.416 e. The van der Waals surface area contributed by atoms with Crippen LogP contribution in [0.15, 0.2) is 18.2 Å². The highest BCUT2D eigenvalue weighted by Crippen LogP contribution is 2.31. The molecule has 1 fully saturated rings. The average molecular weight is 248 g/mol. The zero-order valence-electron chi connectivity index (χ0n) is 8.94. The van der Waals surface area contributed by atoms with Crippen LogP contribution in [0.5, 0.6) is 0 Å². The van der Waals surface area contributed by atoms with Gasteiger partial charge < -0.3 is 10.6 Å². The third-order valence-corrected chi connectivity index (χ3v) is 2.74. The summed E-state index contributed by atoms with van der Waals surface area (Å²) >= 11 is 0. The van der Waals surface area contributed by atoms with E-state index >= 15 is 0 Å². The molecule has 94 valence electrons. The van der Waals surface area contributed by atoms with Crippen LogP contribution in [-0.4, -0.2) is 19.6 Å². The molecule has 0 radical (unpaired) electrons. The Labute approximate surface area is 96.0 Å². The molecule has 1 aliphatic rings. The number of piperazine rings is 1. The smallest absolute Gasteiger partial charge is 0.314 e. The molecule has 1 atom stereocenters. The van der Waals surface area contributed by atoms with Gasteiger partial charge in [0.1, 0.15) is 5.82 Å². The highest BCUT2D eigenvalue weighted by molar-refractivity contribution is 5.29. The number of hydrogen-bond acceptors (Lipinski definition) is 2. The summed E-state index contributed by atoms with van der Waals surface area (Å²) in [6.45, 7) is 1.96. The number of alkyl halides is 3. The largest absolute Gasteiger partial charge is 0.416 e. The maximum absolute atomic E-state index is 13.6. The first-order chi connectivity index (χ1) is 7.98. The van der Waals surface area contributed by atoms with Gasteiger partial charge in [0, 0.05) is 31.2 Å². The van der Waals surface area contributed by atoms with Gasteiger partial charge in [-0.2, -0.15) is 13.2 Å². The summed E-state index contributed by atoms with van der Waals surface area (Å²) in [5.41, 5.74) is -0.687. The van der Waals surface area contributed by atoms with Crippen LogP contribution in [0.25, 0.3) is 0 Å². The molecule has 6 heteroatoms. The Hall–Kier alpha value is -1.14. The van der Waals surface area contributed by atoms with Crippen molar-refractivity contribution < 1.29 is 17.6 Å². The molecule has 0 saturated carbocycles. The quantitative estimate of drug-likeness (QED) is 0.743. The molecule has 0 amide bonds. The third-order valence-electron chi connectivity index (χ3n) is 2.74. The summed E-state index contributed by atoms with van der Waals surface area (Å²) in [4.78, 5) is 0. The van der Waals surface area contributed by atoms with Crippen molar-refractivity contribution in [3.8, 4) is 0 Å². The molecule has 0 aromatic heterocycles. The molecule has 1 saturated heterocycles. The second-order valence-corrected chi connectivity index (χ2v) is 3.94. The van der Waals surface area contributed by atoms with Gasteiger partial charge in [0.15, 0.2) is 0 Å². The Morgan fingerprint density at radius 3 is 2.47 bits per heavy atom. The van der Waals surface area contributed by atoms with E-state index < -0.39 is 17.6 Å². The Balaban J connectivity index is 2.25. The summed E-state index contributed by atoms with van der Waals surface area (Å²) in [5.74, 6) is -0.818. The van der Waals surface area contributed by atoms with Crippen LogP contribution >= 0.6 is 0 Å². The first kappa shape index (κ1) is 12.3. The molecule has 1 heterocycles. The fraction of sp³-hybridized carbons (Fsp3) is 0.455. The van der Waals surface area contributed by atoms with Crippen molar-refractivity contribution in [1.29, 1.82) is 0 Å². The highest BCUT2D eigenvalue weighted by Gasteiger charge is 2.31. The molecule has 2 N–H and O–H groups in total. The van der Waals surface area contributed by atoms with Gasteiger partial charge in [0.25, 0.3) is 0 Å². The van der Waals surface area contributed by atoms with Crippen molar-refractivity contribution >= 4 is 0 Å². The zero-order chi connectivity index (χ0) is 12.5. The summed E-state index contributed by atoms with van der Waals surface area (Å²) in [6, 6.07) is 2.38. The number of halogens is 4. The summed E-state index contributed by atoms with van der Waals surface area (Å²) in [7, 11) is 0. The Bertz CT molecular complexity index is 397. The van der Waals surface area contributed by atoms with Gasteiger partial charge in [0.05, 0.1) is 5.56 Å². The van der Waals surface area contributed by atoms with Crippen molar-refractivity contribution in [2.45, 2.75) is 12.2 Å². The predicted octanol–water partition coefficient (Wildman–Crippen LogP) is 2.08. The van der Waals surface area contributed by atoms with Gasteiger partial charge in [0.2, 0.25) is 0 Å². The minimum Gasteiger partial charge on any atom is -0.314 e. The maximum atomic E-state index is 13.6. The van der Waals surface area contributed by atoms with Gasteiger partial charge in [-0.1, -0.05) is 6.07 Å². The SMILES string of the molecule is Fc1cc(C(F)(F)F)ccc1[C@@H]1CNCCN1. The van der Waals surface area contributed by atoms with Crippen LogP contribution in [0, 0.1) is 5.82 Å². The Kier molecular flexibility index (Phi) is 3.35. The second kappa shape index (κ2) is 4.62. The van der Waals surface area contributed by atoms with Crippen molar-refractivity contribution in [3.63, 3.8) is 0 Å². The van der Waals surface area contributed by atoms with Gasteiger partial charge in [-0.05, 0) is 12.1 Å².